The molecule has 0 aliphatic carbocycles. The molecule has 8 atom stereocenters. The fourth-order valence-electron chi connectivity index (χ4n) is 9.59. The second-order valence-corrected chi connectivity index (χ2v) is 22.4. The van der Waals surface area contributed by atoms with Crippen LogP contribution in [0.2, 0.25) is 0 Å². The monoisotopic (exact) mass is 1170 g/mol. The minimum Gasteiger partial charge on any atom is -0.454 e. The van der Waals surface area contributed by atoms with Crippen molar-refractivity contribution in [3.8, 4) is 0 Å². The Balaban J connectivity index is 2.61. The zero-order chi connectivity index (χ0) is 61.0. The lowest BCUT2D eigenvalue weighted by atomic mass is 9.99. The average Bonchev–Trinajstić information content (AvgIpc) is 3.69. The first-order valence-corrected chi connectivity index (χ1v) is 33.5. The van der Waals surface area contributed by atoms with Crippen LogP contribution in [0.5, 0.6) is 0 Å². The van der Waals surface area contributed by atoms with Gasteiger partial charge in [-0.1, -0.05) is 270 Å². The predicted octanol–water partition coefficient (Wildman–Crippen LogP) is 16.8. The van der Waals surface area contributed by atoms with Gasteiger partial charge >= 0.3 is 5.97 Å². The molecule has 0 aromatic heterocycles. The summed E-state index contributed by atoms with van der Waals surface area (Å²) in [5.41, 5.74) is 0. The van der Waals surface area contributed by atoms with Crippen LogP contribution < -0.4 is 5.32 Å². The Hall–Kier alpha value is -4.20. The number of hydrogen-bond donors (Lipinski definition) is 6. The van der Waals surface area contributed by atoms with Crippen molar-refractivity contribution in [3.63, 3.8) is 0 Å². The molecule has 0 spiro atoms. The number of carbonyl (C=O) groups excluding carboxylic acids is 2. The third-order valence-corrected chi connectivity index (χ3v) is 14.8. The summed E-state index contributed by atoms with van der Waals surface area (Å²) in [7, 11) is 0. The van der Waals surface area contributed by atoms with Crippen LogP contribution in [-0.2, 0) is 23.8 Å². The van der Waals surface area contributed by atoms with Gasteiger partial charge in [0.2, 0.25) is 5.91 Å². The molecule has 0 aromatic carbocycles. The number of allylic oxidation sites excluding steroid dienone is 21. The predicted molar refractivity (Wildman–Crippen MR) is 351 cm³/mol. The maximum absolute atomic E-state index is 13.4. The SMILES string of the molecule is CC/C=C\C/C=C\C/C=C\C/C=C\C/C=C\CCCCCCCCCCCCCC(=O)OC1C(OCC(NC(=O)C(O)CC/C=C\C/C=C\C/C=C\C/C=C\C/C=C\CC)C(O)/C=C/CCCCCCCCCCCC)OC(CO)C(O)C1O. The maximum atomic E-state index is 13.4. The summed E-state index contributed by atoms with van der Waals surface area (Å²) in [6, 6.07) is -1.06. The van der Waals surface area contributed by atoms with Gasteiger partial charge in [0.05, 0.1) is 25.4 Å². The van der Waals surface area contributed by atoms with Crippen LogP contribution >= 0.6 is 0 Å². The number of carbonyl (C=O) groups is 2. The van der Waals surface area contributed by atoms with Crippen LogP contribution in [0.25, 0.3) is 0 Å². The number of nitrogens with one attached hydrogen (secondary N) is 1. The van der Waals surface area contributed by atoms with Gasteiger partial charge in [0.15, 0.2) is 12.4 Å². The Morgan fingerprint density at radius 1 is 0.476 bits per heavy atom. The van der Waals surface area contributed by atoms with Crippen LogP contribution in [0.3, 0.4) is 0 Å². The van der Waals surface area contributed by atoms with Gasteiger partial charge in [-0.25, -0.2) is 0 Å². The molecule has 0 aromatic rings. The van der Waals surface area contributed by atoms with Gasteiger partial charge in [0, 0.05) is 6.42 Å². The number of amides is 1. The van der Waals surface area contributed by atoms with Crippen molar-refractivity contribution in [2.24, 2.45) is 0 Å². The molecule has 1 aliphatic heterocycles. The fourth-order valence-corrected chi connectivity index (χ4v) is 9.59. The average molecular weight is 1170 g/mol. The zero-order valence-corrected chi connectivity index (χ0v) is 53.0. The van der Waals surface area contributed by atoms with Crippen molar-refractivity contribution < 1.29 is 49.3 Å². The van der Waals surface area contributed by atoms with Gasteiger partial charge in [-0.15, -0.1) is 0 Å². The lowest BCUT2D eigenvalue weighted by molar-refractivity contribution is -0.305. The van der Waals surface area contributed by atoms with E-state index in [1.165, 1.54) is 83.5 Å². The van der Waals surface area contributed by atoms with Gasteiger partial charge in [-0.05, 0) is 109 Å². The molecule has 84 heavy (non-hydrogen) atoms. The number of rotatable bonds is 55. The molecule has 6 N–H and O–H groups in total. The maximum Gasteiger partial charge on any atom is 0.306 e. The third kappa shape index (κ3) is 46.1. The molecule has 0 radical (unpaired) electrons. The van der Waals surface area contributed by atoms with Crippen LogP contribution in [-0.4, -0.2) is 99.6 Å². The van der Waals surface area contributed by atoms with Crippen molar-refractivity contribution in [2.45, 2.75) is 301 Å². The molecule has 1 fully saturated rings. The second-order valence-electron chi connectivity index (χ2n) is 22.4. The summed E-state index contributed by atoms with van der Waals surface area (Å²) in [5, 5.41) is 57.0. The Labute approximate surface area is 512 Å². The van der Waals surface area contributed by atoms with Gasteiger partial charge in [0.1, 0.15) is 24.4 Å². The molecule has 1 heterocycles. The van der Waals surface area contributed by atoms with E-state index in [2.05, 4.69) is 135 Å². The van der Waals surface area contributed by atoms with Crippen molar-refractivity contribution in [3.05, 3.63) is 134 Å². The number of hydrogen-bond acceptors (Lipinski definition) is 10. The van der Waals surface area contributed by atoms with Gasteiger partial charge in [-0.2, -0.15) is 0 Å². The normalized spacial score (nSPS) is 19.4. The van der Waals surface area contributed by atoms with Gasteiger partial charge in [-0.3, -0.25) is 9.59 Å². The fraction of sp³-hybridized carbons (Fsp3) is 0.671. The molecular weight excluding hydrogens is 1050 g/mol. The first kappa shape index (κ1) is 77.8. The number of aliphatic hydroxyl groups is 5. The Morgan fingerprint density at radius 2 is 0.857 bits per heavy atom. The van der Waals surface area contributed by atoms with Crippen LogP contribution in [0.1, 0.15) is 252 Å². The minimum atomic E-state index is -1.63. The van der Waals surface area contributed by atoms with E-state index in [9.17, 15) is 35.1 Å². The molecular formula is C73H121NO10. The molecule has 1 rings (SSSR count). The topological polar surface area (TPSA) is 175 Å². The van der Waals surface area contributed by atoms with E-state index in [4.69, 9.17) is 14.2 Å². The minimum absolute atomic E-state index is 0.105. The zero-order valence-electron chi connectivity index (χ0n) is 53.0. The Kier molecular flexibility index (Phi) is 54.8. The lowest BCUT2D eigenvalue weighted by Gasteiger charge is -2.41. The number of esters is 1. The Bertz CT molecular complexity index is 1880. The summed E-state index contributed by atoms with van der Waals surface area (Å²) in [6.45, 7) is 5.52. The molecule has 1 aliphatic rings. The van der Waals surface area contributed by atoms with Gasteiger partial charge < -0.3 is 45.1 Å². The quantitative estimate of drug-likeness (QED) is 0.0195. The van der Waals surface area contributed by atoms with Crippen molar-refractivity contribution >= 4 is 11.9 Å². The lowest BCUT2D eigenvalue weighted by Crippen LogP contribution is -2.61. The number of unbranched alkanes of at least 4 members (excludes halogenated alkanes) is 21. The van der Waals surface area contributed by atoms with E-state index in [0.717, 1.165) is 122 Å². The summed E-state index contributed by atoms with van der Waals surface area (Å²) in [5.74, 6) is -1.27. The van der Waals surface area contributed by atoms with Crippen LogP contribution in [0.15, 0.2) is 134 Å². The van der Waals surface area contributed by atoms with E-state index >= 15 is 0 Å². The van der Waals surface area contributed by atoms with E-state index < -0.39 is 67.4 Å². The number of ether oxygens (including phenoxy) is 3. The number of aliphatic hydroxyl groups excluding tert-OH is 5. The molecule has 0 bridgehead atoms. The molecule has 1 amide bonds. The van der Waals surface area contributed by atoms with Crippen molar-refractivity contribution in [1.82, 2.24) is 5.32 Å². The van der Waals surface area contributed by atoms with Crippen molar-refractivity contribution in [2.75, 3.05) is 13.2 Å². The molecule has 8 unspecified atom stereocenters. The highest BCUT2D eigenvalue weighted by atomic mass is 16.7. The van der Waals surface area contributed by atoms with E-state index in [1.54, 1.807) is 6.08 Å². The standard InChI is InChI=1S/C73H121NO10/c1-4-7-10-13-16-19-22-25-27-29-30-31-32-33-34-35-36-37-38-39-41-43-46-49-52-55-58-61-68(78)84-71-70(80)69(79)67(62-75)83-73(71)82-63-64(65(76)59-56-53-50-47-44-24-21-18-15-12-9-6-3)74-72(81)66(77)60-57-54-51-48-45-42-40-28-26-23-20-17-14-11-8-5-2/h7-8,10-11,16-17,19-20,25-28,30-31,33-34,42,45,51,54,56,59,64-67,69-71,73,75-77,79-80H,4-6,9,12-15,18,21-24,29,32,35-41,43-44,46-50,52-53,55,57-58,60-63H2,1-3H3,(H,74,81)/b10-7-,11-8-,19-16-,20-17-,27-25-,28-26-,31-30-,34-33-,45-42-,54-51-,59-56+. The first-order valence-electron chi connectivity index (χ1n) is 33.5. The highest BCUT2D eigenvalue weighted by Crippen LogP contribution is 2.26. The van der Waals surface area contributed by atoms with Crippen LogP contribution in [0, 0.1) is 0 Å². The third-order valence-electron chi connectivity index (χ3n) is 14.8. The van der Waals surface area contributed by atoms with E-state index in [0.29, 0.717) is 12.8 Å². The largest absolute Gasteiger partial charge is 0.454 e. The van der Waals surface area contributed by atoms with E-state index in [1.807, 2.05) is 18.2 Å². The molecule has 0 saturated carbocycles. The molecule has 11 nitrogen and oxygen atoms in total. The molecule has 11 heteroatoms. The molecule has 1 saturated heterocycles. The van der Waals surface area contributed by atoms with Crippen LogP contribution in [0.4, 0.5) is 0 Å². The summed E-state index contributed by atoms with van der Waals surface area (Å²) < 4.78 is 17.6. The second kappa shape index (κ2) is 59.1. The highest BCUT2D eigenvalue weighted by Gasteiger charge is 2.47. The smallest absolute Gasteiger partial charge is 0.306 e. The van der Waals surface area contributed by atoms with E-state index in [-0.39, 0.29) is 19.4 Å². The molecule has 478 valence electrons. The highest BCUT2D eigenvalue weighted by molar-refractivity contribution is 5.80. The summed E-state index contributed by atoms with van der Waals surface area (Å²) in [4.78, 5) is 26.6. The van der Waals surface area contributed by atoms with Crippen molar-refractivity contribution in [1.29, 1.82) is 0 Å². The first-order chi connectivity index (χ1) is 41.2. The Morgan fingerprint density at radius 3 is 1.29 bits per heavy atom. The summed E-state index contributed by atoms with van der Waals surface area (Å²) in [6.07, 6.45) is 73.6. The summed E-state index contributed by atoms with van der Waals surface area (Å²) >= 11 is 0. The van der Waals surface area contributed by atoms with Gasteiger partial charge in [0.25, 0.3) is 0 Å².